The number of rotatable bonds is 3. The summed E-state index contributed by atoms with van der Waals surface area (Å²) in [5.41, 5.74) is 3.97. The van der Waals surface area contributed by atoms with Gasteiger partial charge in [-0.2, -0.15) is 0 Å². The molecule has 1 aromatic carbocycles. The predicted molar refractivity (Wildman–Crippen MR) is 74.9 cm³/mol. The van der Waals surface area contributed by atoms with Crippen molar-refractivity contribution in [3.63, 3.8) is 0 Å². The van der Waals surface area contributed by atoms with E-state index in [1.54, 1.807) is 11.1 Å². The van der Waals surface area contributed by atoms with Gasteiger partial charge in [0.15, 0.2) is 0 Å². The Morgan fingerprint density at radius 2 is 1.94 bits per heavy atom. The van der Waals surface area contributed by atoms with Gasteiger partial charge in [-0.3, -0.25) is 0 Å². The van der Waals surface area contributed by atoms with E-state index in [9.17, 15) is 0 Å². The molecule has 0 unspecified atom stereocenters. The van der Waals surface area contributed by atoms with Gasteiger partial charge in [0, 0.05) is 17.9 Å². The monoisotopic (exact) mass is 244 g/mol. The molecule has 1 nitrogen and oxygen atoms in total. The number of benzene rings is 1. The number of hydrogen-bond acceptors (Lipinski definition) is 1. The van der Waals surface area contributed by atoms with E-state index >= 15 is 0 Å². The molecular formula is C17H24O. The van der Waals surface area contributed by atoms with Gasteiger partial charge in [-0.05, 0) is 36.8 Å². The normalized spacial score (nSPS) is 34.1. The van der Waals surface area contributed by atoms with Gasteiger partial charge < -0.3 is 4.74 Å². The smallest absolute Gasteiger partial charge is 0.0530 e. The summed E-state index contributed by atoms with van der Waals surface area (Å²) in [6, 6.07) is 9.12. The zero-order chi connectivity index (χ0) is 12.6. The van der Waals surface area contributed by atoms with E-state index in [0.717, 1.165) is 6.61 Å². The molecule has 0 heterocycles. The van der Waals surface area contributed by atoms with Crippen LogP contribution < -0.4 is 0 Å². The van der Waals surface area contributed by atoms with E-state index in [-0.39, 0.29) is 0 Å². The van der Waals surface area contributed by atoms with Gasteiger partial charge >= 0.3 is 0 Å². The Hall–Kier alpha value is -0.820. The van der Waals surface area contributed by atoms with Crippen molar-refractivity contribution < 1.29 is 4.74 Å². The minimum Gasteiger partial charge on any atom is -0.384 e. The highest BCUT2D eigenvalue weighted by Crippen LogP contribution is 2.61. The molecule has 2 aliphatic rings. The summed E-state index contributed by atoms with van der Waals surface area (Å²) in [6.07, 6.45) is 7.93. The van der Waals surface area contributed by atoms with Gasteiger partial charge in [-0.25, -0.2) is 0 Å². The maximum absolute atomic E-state index is 5.64. The molecule has 0 N–H and O–H groups in total. The lowest BCUT2D eigenvalue weighted by molar-refractivity contribution is -0.0117. The van der Waals surface area contributed by atoms with Crippen LogP contribution in [-0.2, 0) is 16.6 Å². The summed E-state index contributed by atoms with van der Waals surface area (Å²) < 4.78 is 5.64. The number of methoxy groups -OCH3 is 1. The first-order chi connectivity index (χ1) is 8.78. The Labute approximate surface area is 111 Å². The summed E-state index contributed by atoms with van der Waals surface area (Å²) >= 11 is 0. The maximum atomic E-state index is 5.64. The first-order valence-electron chi connectivity index (χ1n) is 7.35. The zero-order valence-electron chi connectivity index (χ0n) is 11.7. The fourth-order valence-corrected chi connectivity index (χ4v) is 4.86. The van der Waals surface area contributed by atoms with Crippen molar-refractivity contribution in [3.05, 3.63) is 35.4 Å². The van der Waals surface area contributed by atoms with Crippen molar-refractivity contribution in [3.8, 4) is 0 Å². The first kappa shape index (κ1) is 12.2. The molecule has 1 fully saturated rings. The topological polar surface area (TPSA) is 9.23 Å². The lowest BCUT2D eigenvalue weighted by atomic mass is 9.55. The van der Waals surface area contributed by atoms with Crippen LogP contribution >= 0.6 is 0 Å². The SMILES string of the molecule is CC[C@@]12CCCC[C@]1(COC)Cc1ccccc12. The van der Waals surface area contributed by atoms with Crippen LogP contribution in [0.2, 0.25) is 0 Å². The van der Waals surface area contributed by atoms with Crippen LogP contribution in [0.15, 0.2) is 24.3 Å². The molecule has 98 valence electrons. The van der Waals surface area contributed by atoms with Crippen molar-refractivity contribution >= 4 is 0 Å². The van der Waals surface area contributed by atoms with Gasteiger partial charge in [0.05, 0.1) is 6.61 Å². The molecule has 3 rings (SSSR count). The van der Waals surface area contributed by atoms with Crippen LogP contribution in [0, 0.1) is 5.41 Å². The molecule has 18 heavy (non-hydrogen) atoms. The Balaban J connectivity index is 2.14. The lowest BCUT2D eigenvalue weighted by Crippen LogP contribution is -2.47. The third kappa shape index (κ3) is 1.43. The van der Waals surface area contributed by atoms with Gasteiger partial charge in [0.25, 0.3) is 0 Å². The Bertz CT molecular complexity index is 435. The highest BCUT2D eigenvalue weighted by molar-refractivity contribution is 5.44. The fourth-order valence-electron chi connectivity index (χ4n) is 4.86. The van der Waals surface area contributed by atoms with E-state index < -0.39 is 0 Å². The Kier molecular flexibility index (Phi) is 2.97. The van der Waals surface area contributed by atoms with Gasteiger partial charge in [-0.1, -0.05) is 44.0 Å². The molecule has 0 radical (unpaired) electrons. The second-order valence-electron chi connectivity index (χ2n) is 6.19. The van der Waals surface area contributed by atoms with Gasteiger partial charge in [-0.15, -0.1) is 0 Å². The average molecular weight is 244 g/mol. The lowest BCUT2D eigenvalue weighted by Gasteiger charge is -2.50. The fraction of sp³-hybridized carbons (Fsp3) is 0.647. The molecule has 0 saturated heterocycles. The predicted octanol–water partition coefficient (Wildman–Crippen LogP) is 4.10. The minimum absolute atomic E-state index is 0.373. The molecule has 0 aromatic heterocycles. The van der Waals surface area contributed by atoms with Crippen molar-refractivity contribution in [2.45, 2.75) is 50.9 Å². The van der Waals surface area contributed by atoms with Crippen molar-refractivity contribution in [1.82, 2.24) is 0 Å². The highest BCUT2D eigenvalue weighted by atomic mass is 16.5. The standard InChI is InChI=1S/C17H24O/c1-3-17-11-7-6-10-16(17,13-18-2)12-14-8-4-5-9-15(14)17/h4-5,8-9H,3,6-7,10-13H2,1-2H3/t16-,17+/m1/s1. The van der Waals surface area contributed by atoms with E-state index in [0.29, 0.717) is 10.8 Å². The molecule has 1 saturated carbocycles. The minimum atomic E-state index is 0.373. The second kappa shape index (κ2) is 4.38. The van der Waals surface area contributed by atoms with Crippen LogP contribution in [0.5, 0.6) is 0 Å². The average Bonchev–Trinajstić information content (AvgIpc) is 2.69. The zero-order valence-corrected chi connectivity index (χ0v) is 11.7. The molecule has 1 aromatic rings. The summed E-state index contributed by atoms with van der Waals surface area (Å²) in [5.74, 6) is 0. The summed E-state index contributed by atoms with van der Waals surface area (Å²) in [4.78, 5) is 0. The first-order valence-corrected chi connectivity index (χ1v) is 7.35. The van der Waals surface area contributed by atoms with Gasteiger partial charge in [0.2, 0.25) is 0 Å². The van der Waals surface area contributed by atoms with Crippen LogP contribution in [0.25, 0.3) is 0 Å². The summed E-state index contributed by atoms with van der Waals surface area (Å²) in [7, 11) is 1.87. The molecule has 1 heteroatoms. The molecule has 0 spiro atoms. The quantitative estimate of drug-likeness (QED) is 0.778. The molecule has 0 aliphatic heterocycles. The third-order valence-corrected chi connectivity index (χ3v) is 5.61. The van der Waals surface area contributed by atoms with E-state index in [1.807, 2.05) is 7.11 Å². The van der Waals surface area contributed by atoms with E-state index in [2.05, 4.69) is 31.2 Å². The van der Waals surface area contributed by atoms with Crippen molar-refractivity contribution in [2.75, 3.05) is 13.7 Å². The number of fused-ring (bicyclic) bond motifs is 3. The third-order valence-electron chi connectivity index (χ3n) is 5.61. The van der Waals surface area contributed by atoms with Crippen LogP contribution in [-0.4, -0.2) is 13.7 Å². The van der Waals surface area contributed by atoms with Crippen LogP contribution in [0.4, 0.5) is 0 Å². The van der Waals surface area contributed by atoms with Crippen molar-refractivity contribution in [1.29, 1.82) is 0 Å². The Morgan fingerprint density at radius 1 is 1.17 bits per heavy atom. The summed E-state index contributed by atoms with van der Waals surface area (Å²) in [5, 5.41) is 0. The highest BCUT2D eigenvalue weighted by Gasteiger charge is 2.56. The van der Waals surface area contributed by atoms with Crippen LogP contribution in [0.3, 0.4) is 0 Å². The van der Waals surface area contributed by atoms with E-state index in [1.165, 1.54) is 38.5 Å². The largest absolute Gasteiger partial charge is 0.384 e. The Morgan fingerprint density at radius 3 is 2.72 bits per heavy atom. The molecule has 0 amide bonds. The molecule has 2 atom stereocenters. The molecular weight excluding hydrogens is 220 g/mol. The molecule has 2 aliphatic carbocycles. The van der Waals surface area contributed by atoms with Crippen molar-refractivity contribution in [2.24, 2.45) is 5.41 Å². The number of ether oxygens (including phenoxy) is 1. The number of hydrogen-bond donors (Lipinski definition) is 0. The van der Waals surface area contributed by atoms with Crippen LogP contribution in [0.1, 0.15) is 50.2 Å². The van der Waals surface area contributed by atoms with E-state index in [4.69, 9.17) is 4.74 Å². The van der Waals surface area contributed by atoms with Gasteiger partial charge in [0.1, 0.15) is 0 Å². The second-order valence-corrected chi connectivity index (χ2v) is 6.19. The molecule has 0 bridgehead atoms. The summed E-state index contributed by atoms with van der Waals surface area (Å²) in [6.45, 7) is 3.30. The maximum Gasteiger partial charge on any atom is 0.0530 e.